The Morgan fingerprint density at radius 1 is 1.39 bits per heavy atom. The maximum absolute atomic E-state index is 12.6. The number of hydrogen-bond acceptors (Lipinski definition) is 3. The van der Waals surface area contributed by atoms with E-state index >= 15 is 0 Å². The first-order chi connectivity index (χ1) is 10.9. The van der Waals surface area contributed by atoms with Crippen LogP contribution in [0.1, 0.15) is 26.7 Å². The van der Waals surface area contributed by atoms with Gasteiger partial charge in [-0.15, -0.1) is 0 Å². The number of pyridine rings is 1. The number of ether oxygens (including phenoxy) is 1. The van der Waals surface area contributed by atoms with Gasteiger partial charge in [-0.1, -0.05) is 19.9 Å². The number of carbonyl (C=O) groups excluding carboxylic acids is 1. The quantitative estimate of drug-likeness (QED) is 0.831. The van der Waals surface area contributed by atoms with Crippen molar-refractivity contribution in [2.45, 2.75) is 33.2 Å². The highest BCUT2D eigenvalue weighted by atomic mass is 16.5. The molecule has 0 aromatic carbocycles. The number of aryl methyl sites for hydroxylation is 1. The van der Waals surface area contributed by atoms with Crippen LogP contribution < -0.4 is 5.56 Å². The van der Waals surface area contributed by atoms with Gasteiger partial charge in [0.15, 0.2) is 0 Å². The molecule has 1 aromatic rings. The van der Waals surface area contributed by atoms with Crippen LogP contribution in [-0.2, 0) is 16.1 Å². The van der Waals surface area contributed by atoms with Crippen LogP contribution in [0.5, 0.6) is 0 Å². The maximum Gasteiger partial charge on any atom is 0.250 e. The van der Waals surface area contributed by atoms with Crippen molar-refractivity contribution in [3.8, 4) is 0 Å². The molecule has 2 aliphatic rings. The lowest BCUT2D eigenvalue weighted by Gasteiger charge is -2.56. The van der Waals surface area contributed by atoms with Crippen molar-refractivity contribution in [2.24, 2.45) is 16.7 Å². The van der Waals surface area contributed by atoms with Crippen molar-refractivity contribution in [1.29, 1.82) is 0 Å². The zero-order valence-corrected chi connectivity index (χ0v) is 14.2. The zero-order chi connectivity index (χ0) is 16.7. The van der Waals surface area contributed by atoms with Crippen LogP contribution in [0.3, 0.4) is 0 Å². The Labute approximate surface area is 137 Å². The second kappa shape index (κ2) is 5.78. The van der Waals surface area contributed by atoms with Gasteiger partial charge < -0.3 is 14.2 Å². The van der Waals surface area contributed by atoms with Gasteiger partial charge in [-0.25, -0.2) is 0 Å². The van der Waals surface area contributed by atoms with Crippen LogP contribution >= 0.6 is 0 Å². The van der Waals surface area contributed by atoms with Gasteiger partial charge in [0, 0.05) is 50.8 Å². The lowest BCUT2D eigenvalue weighted by atomic mass is 9.48. The van der Waals surface area contributed by atoms with Gasteiger partial charge in [0.1, 0.15) is 0 Å². The van der Waals surface area contributed by atoms with Crippen molar-refractivity contribution in [2.75, 3.05) is 26.8 Å². The number of methoxy groups -OCH3 is 1. The molecule has 23 heavy (non-hydrogen) atoms. The summed E-state index contributed by atoms with van der Waals surface area (Å²) < 4.78 is 7.03. The first kappa shape index (κ1) is 16.2. The standard InChI is InChI=1S/C18H26N2O3/c1-17(2)11-18(13-23-3)12-20(10-14(17)18)16(22)7-9-19-8-5-4-6-15(19)21/h4-6,8,14H,7,9-13H2,1-3H3/t14-,18-/m1/s1. The minimum absolute atomic E-state index is 0.0567. The summed E-state index contributed by atoms with van der Waals surface area (Å²) in [6, 6.07) is 5.06. The average Bonchev–Trinajstić information content (AvgIpc) is 2.81. The highest BCUT2D eigenvalue weighted by Crippen LogP contribution is 2.62. The minimum Gasteiger partial charge on any atom is -0.384 e. The third kappa shape index (κ3) is 2.82. The van der Waals surface area contributed by atoms with E-state index in [0.29, 0.717) is 18.9 Å². The van der Waals surface area contributed by atoms with Gasteiger partial charge in [-0.05, 0) is 23.8 Å². The Balaban J connectivity index is 1.63. The highest BCUT2D eigenvalue weighted by molar-refractivity contribution is 5.76. The summed E-state index contributed by atoms with van der Waals surface area (Å²) in [5, 5.41) is 0. The molecule has 1 amide bonds. The Kier molecular flexibility index (Phi) is 4.08. The monoisotopic (exact) mass is 318 g/mol. The molecule has 1 aliphatic carbocycles. The molecule has 0 spiro atoms. The van der Waals surface area contributed by atoms with E-state index < -0.39 is 0 Å². The number of amides is 1. The molecule has 2 atom stereocenters. The van der Waals surface area contributed by atoms with Gasteiger partial charge in [-0.3, -0.25) is 9.59 Å². The van der Waals surface area contributed by atoms with Gasteiger partial charge >= 0.3 is 0 Å². The van der Waals surface area contributed by atoms with Gasteiger partial charge in [0.25, 0.3) is 5.56 Å². The average molecular weight is 318 g/mol. The fraction of sp³-hybridized carbons (Fsp3) is 0.667. The van der Waals surface area contributed by atoms with E-state index in [1.54, 1.807) is 23.9 Å². The van der Waals surface area contributed by atoms with Crippen molar-refractivity contribution in [3.05, 3.63) is 34.7 Å². The molecule has 0 N–H and O–H groups in total. The molecule has 5 nitrogen and oxygen atoms in total. The molecule has 1 saturated carbocycles. The number of rotatable bonds is 5. The van der Waals surface area contributed by atoms with Crippen LogP contribution in [0, 0.1) is 16.7 Å². The second-order valence-corrected chi connectivity index (χ2v) is 7.77. The first-order valence-electron chi connectivity index (χ1n) is 8.30. The number of aromatic nitrogens is 1. The van der Waals surface area contributed by atoms with Gasteiger partial charge in [-0.2, -0.15) is 0 Å². The van der Waals surface area contributed by atoms with Crippen LogP contribution in [0.15, 0.2) is 29.2 Å². The molecule has 0 radical (unpaired) electrons. The topological polar surface area (TPSA) is 51.5 Å². The molecule has 1 saturated heterocycles. The third-order valence-electron chi connectivity index (χ3n) is 5.65. The maximum atomic E-state index is 12.6. The van der Waals surface area contributed by atoms with Crippen molar-refractivity contribution < 1.29 is 9.53 Å². The molecule has 3 rings (SSSR count). The summed E-state index contributed by atoms with van der Waals surface area (Å²) in [5.74, 6) is 0.653. The van der Waals surface area contributed by atoms with Crippen LogP contribution in [0.25, 0.3) is 0 Å². The summed E-state index contributed by atoms with van der Waals surface area (Å²) in [6.45, 7) is 7.34. The SMILES string of the molecule is COC[C@@]12CN(C(=O)CCn3ccccc3=O)C[C@@H]1C(C)(C)C2. The summed E-state index contributed by atoms with van der Waals surface area (Å²) in [6.07, 6.45) is 3.22. The molecule has 0 unspecified atom stereocenters. The Hall–Kier alpha value is -1.62. The summed E-state index contributed by atoms with van der Waals surface area (Å²) in [4.78, 5) is 26.3. The second-order valence-electron chi connectivity index (χ2n) is 7.77. The van der Waals surface area contributed by atoms with E-state index in [2.05, 4.69) is 13.8 Å². The van der Waals surface area contributed by atoms with Gasteiger partial charge in [0.05, 0.1) is 6.61 Å². The number of fused-ring (bicyclic) bond motifs is 1. The van der Waals surface area contributed by atoms with E-state index in [4.69, 9.17) is 4.74 Å². The molecule has 0 bridgehead atoms. The molecule has 5 heteroatoms. The van der Waals surface area contributed by atoms with Crippen LogP contribution in [-0.4, -0.2) is 42.2 Å². The summed E-state index contributed by atoms with van der Waals surface area (Å²) in [7, 11) is 1.74. The predicted molar refractivity (Wildman–Crippen MR) is 88.1 cm³/mol. The summed E-state index contributed by atoms with van der Waals surface area (Å²) >= 11 is 0. The van der Waals surface area contributed by atoms with Crippen molar-refractivity contribution >= 4 is 5.91 Å². The number of nitrogens with zero attached hydrogens (tertiary/aromatic N) is 2. The van der Waals surface area contributed by atoms with Crippen molar-refractivity contribution in [3.63, 3.8) is 0 Å². The highest BCUT2D eigenvalue weighted by Gasteiger charge is 2.63. The minimum atomic E-state index is -0.0567. The van der Waals surface area contributed by atoms with E-state index in [-0.39, 0.29) is 22.3 Å². The summed E-state index contributed by atoms with van der Waals surface area (Å²) in [5.41, 5.74) is 0.361. The molecular weight excluding hydrogens is 292 g/mol. The third-order valence-corrected chi connectivity index (χ3v) is 5.65. The van der Waals surface area contributed by atoms with E-state index in [1.807, 2.05) is 11.0 Å². The number of likely N-dealkylation sites (tertiary alicyclic amines) is 1. The normalized spacial score (nSPS) is 28.3. The molecule has 126 valence electrons. The van der Waals surface area contributed by atoms with Gasteiger partial charge in [0.2, 0.25) is 5.91 Å². The van der Waals surface area contributed by atoms with E-state index in [0.717, 1.165) is 26.1 Å². The lowest BCUT2D eigenvalue weighted by molar-refractivity contribution is -0.131. The van der Waals surface area contributed by atoms with E-state index in [9.17, 15) is 9.59 Å². The van der Waals surface area contributed by atoms with Crippen LogP contribution in [0.4, 0.5) is 0 Å². The largest absolute Gasteiger partial charge is 0.384 e. The number of carbonyl (C=O) groups is 1. The molecule has 1 aromatic heterocycles. The smallest absolute Gasteiger partial charge is 0.250 e. The fourth-order valence-electron chi connectivity index (χ4n) is 4.82. The Morgan fingerprint density at radius 2 is 2.17 bits per heavy atom. The first-order valence-corrected chi connectivity index (χ1v) is 8.30. The zero-order valence-electron chi connectivity index (χ0n) is 14.2. The van der Waals surface area contributed by atoms with Crippen molar-refractivity contribution in [1.82, 2.24) is 9.47 Å². The molecule has 1 aliphatic heterocycles. The molecule has 2 heterocycles. The molecule has 2 fully saturated rings. The predicted octanol–water partition coefficient (Wildman–Crippen LogP) is 1.76. The fourth-order valence-corrected chi connectivity index (χ4v) is 4.82. The Morgan fingerprint density at radius 3 is 2.83 bits per heavy atom. The lowest BCUT2D eigenvalue weighted by Crippen LogP contribution is -2.55. The number of hydrogen-bond donors (Lipinski definition) is 0. The van der Waals surface area contributed by atoms with E-state index in [1.165, 1.54) is 6.07 Å². The Bertz CT molecular complexity index is 652. The van der Waals surface area contributed by atoms with Crippen LogP contribution in [0.2, 0.25) is 0 Å². The molecular formula is C18H26N2O3.